The van der Waals surface area contributed by atoms with Crippen molar-refractivity contribution in [2.45, 2.75) is 19.4 Å². The number of nitrogens with zero attached hydrogens (tertiary/aromatic N) is 2. The molecular weight excluding hydrogens is 452 g/mol. The van der Waals surface area contributed by atoms with E-state index in [1.807, 2.05) is 42.5 Å². The maximum absolute atomic E-state index is 12.9. The van der Waals surface area contributed by atoms with Gasteiger partial charge in [-0.15, -0.1) is 0 Å². The van der Waals surface area contributed by atoms with Crippen LogP contribution in [0.3, 0.4) is 0 Å². The number of ether oxygens (including phenoxy) is 1. The van der Waals surface area contributed by atoms with Crippen molar-refractivity contribution >= 4 is 50.7 Å². The van der Waals surface area contributed by atoms with Gasteiger partial charge in [-0.2, -0.15) is 0 Å². The summed E-state index contributed by atoms with van der Waals surface area (Å²) < 4.78 is 7.66. The van der Waals surface area contributed by atoms with Gasteiger partial charge < -0.3 is 14.4 Å². The van der Waals surface area contributed by atoms with E-state index in [0.29, 0.717) is 45.1 Å². The Morgan fingerprint density at radius 3 is 2.88 bits per heavy atom. The summed E-state index contributed by atoms with van der Waals surface area (Å²) in [4.78, 5) is 30.1. The molecule has 0 unspecified atom stereocenters. The fraction of sp³-hybridized carbons (Fsp3) is 0.148. The van der Waals surface area contributed by atoms with E-state index in [1.165, 1.54) is 0 Å². The van der Waals surface area contributed by atoms with Gasteiger partial charge in [0.05, 0.1) is 29.6 Å². The number of hydrogen-bond acceptors (Lipinski definition) is 4. The molecule has 168 valence electrons. The van der Waals surface area contributed by atoms with Gasteiger partial charge in [-0.3, -0.25) is 4.79 Å². The number of fused-ring (bicyclic) bond motifs is 4. The van der Waals surface area contributed by atoms with Crippen molar-refractivity contribution in [1.29, 1.82) is 0 Å². The Morgan fingerprint density at radius 2 is 2.06 bits per heavy atom. The van der Waals surface area contributed by atoms with Crippen molar-refractivity contribution in [1.82, 2.24) is 9.55 Å². The second-order valence-corrected chi connectivity index (χ2v) is 8.79. The summed E-state index contributed by atoms with van der Waals surface area (Å²) in [5.74, 6) is -0.587. The summed E-state index contributed by atoms with van der Waals surface area (Å²) in [6.45, 7) is 0.708. The number of benzene rings is 2. The number of Topliss-reactive ketones (excluding diaryl/α,β-unsaturated/α-hetero) is 1. The smallest absolute Gasteiger partial charge is 0.353 e. The number of pyridine rings is 1. The lowest BCUT2D eigenvalue weighted by molar-refractivity contribution is -0.113. The molecule has 6 nitrogen and oxygen atoms in total. The van der Waals surface area contributed by atoms with Crippen molar-refractivity contribution in [3.05, 3.63) is 88.2 Å². The van der Waals surface area contributed by atoms with E-state index in [2.05, 4.69) is 4.98 Å². The van der Waals surface area contributed by atoms with Crippen LogP contribution in [0.2, 0.25) is 5.15 Å². The molecule has 2 aromatic heterocycles. The van der Waals surface area contributed by atoms with Gasteiger partial charge in [-0.25, -0.2) is 9.78 Å². The van der Waals surface area contributed by atoms with Crippen LogP contribution < -0.4 is 4.74 Å². The maximum atomic E-state index is 12.9. The van der Waals surface area contributed by atoms with Crippen LogP contribution in [0.5, 0.6) is 5.75 Å². The summed E-state index contributed by atoms with van der Waals surface area (Å²) >= 11 is 6.54. The van der Waals surface area contributed by atoms with Crippen LogP contribution in [0.1, 0.15) is 33.6 Å². The highest BCUT2D eigenvalue weighted by molar-refractivity contribution is 6.30. The number of rotatable bonds is 4. The van der Waals surface area contributed by atoms with Crippen LogP contribution in [-0.4, -0.2) is 33.0 Å². The first-order valence-corrected chi connectivity index (χ1v) is 11.4. The average molecular weight is 471 g/mol. The fourth-order valence-electron chi connectivity index (χ4n) is 4.91. The third-order valence-corrected chi connectivity index (χ3v) is 6.76. The molecule has 4 aromatic rings. The number of carbonyl (C=O) groups is 2. The van der Waals surface area contributed by atoms with E-state index < -0.39 is 5.97 Å². The lowest BCUT2D eigenvalue weighted by Gasteiger charge is -2.12. The van der Waals surface area contributed by atoms with Crippen molar-refractivity contribution < 1.29 is 19.4 Å². The number of hydrogen-bond donors (Lipinski definition) is 1. The van der Waals surface area contributed by atoms with Crippen molar-refractivity contribution in [2.24, 2.45) is 0 Å². The van der Waals surface area contributed by atoms with Gasteiger partial charge in [0, 0.05) is 34.9 Å². The minimum Gasteiger partial charge on any atom is -0.492 e. The number of carbonyl (C=O) groups excluding carboxylic acids is 1. The minimum atomic E-state index is -1.12. The van der Waals surface area contributed by atoms with Crippen molar-refractivity contribution in [3.63, 3.8) is 0 Å². The molecule has 0 fully saturated rings. The Morgan fingerprint density at radius 1 is 1.21 bits per heavy atom. The van der Waals surface area contributed by atoms with E-state index in [9.17, 15) is 14.7 Å². The number of aromatic nitrogens is 2. The first-order chi connectivity index (χ1) is 16.5. The first-order valence-electron chi connectivity index (χ1n) is 11.0. The zero-order chi connectivity index (χ0) is 23.4. The second-order valence-electron chi connectivity index (χ2n) is 8.43. The Labute approximate surface area is 199 Å². The Hall–Kier alpha value is -3.90. The zero-order valence-electron chi connectivity index (χ0n) is 18.0. The fourth-order valence-corrected chi connectivity index (χ4v) is 5.12. The molecule has 7 heteroatoms. The summed E-state index contributed by atoms with van der Waals surface area (Å²) in [7, 11) is 0. The molecule has 3 heterocycles. The Balaban J connectivity index is 1.65. The third-order valence-electron chi connectivity index (χ3n) is 6.44. The first kappa shape index (κ1) is 20.7. The lowest BCUT2D eigenvalue weighted by atomic mass is 9.92. The van der Waals surface area contributed by atoms with E-state index >= 15 is 0 Å². The number of ketones is 1. The highest BCUT2D eigenvalue weighted by atomic mass is 35.5. The number of carboxylic acids is 1. The molecule has 1 N–H and O–H groups in total. The van der Waals surface area contributed by atoms with Gasteiger partial charge in [-0.05, 0) is 23.8 Å². The van der Waals surface area contributed by atoms with Crippen LogP contribution in [0.25, 0.3) is 27.4 Å². The standard InChI is InChI=1S/C27H19ClN2O4/c28-26-17(13-16-5-1-3-7-19(16)29-26)14-30-20-10-9-15-11-12-34-25(15)23(20)22(24(30)27(32)33)18-6-2-4-8-21(18)31/h1-7,9-10,13H,8,11-12,14H2,(H,32,33). The van der Waals surface area contributed by atoms with Gasteiger partial charge in [0.1, 0.15) is 16.6 Å². The van der Waals surface area contributed by atoms with Crippen LogP contribution in [0.4, 0.5) is 0 Å². The third kappa shape index (κ3) is 3.14. The van der Waals surface area contributed by atoms with Crippen molar-refractivity contribution in [3.8, 4) is 5.75 Å². The van der Waals surface area contributed by atoms with E-state index in [4.69, 9.17) is 16.3 Å². The number of allylic oxidation sites excluding steroid dienone is 4. The number of carboxylic acid groups (broad SMARTS) is 1. The average Bonchev–Trinajstić information content (AvgIpc) is 3.42. The molecule has 0 bridgehead atoms. The summed E-state index contributed by atoms with van der Waals surface area (Å²) in [6, 6.07) is 13.4. The Bertz CT molecular complexity index is 1600. The van der Waals surface area contributed by atoms with Gasteiger partial charge in [0.15, 0.2) is 5.78 Å². The zero-order valence-corrected chi connectivity index (χ0v) is 18.8. The number of aromatic carboxylic acids is 1. The molecule has 2 aliphatic rings. The highest BCUT2D eigenvalue weighted by Gasteiger charge is 2.32. The molecule has 0 amide bonds. The number of para-hydroxylation sites is 1. The predicted octanol–water partition coefficient (Wildman–Crippen LogP) is 5.44. The largest absolute Gasteiger partial charge is 0.492 e. The van der Waals surface area contributed by atoms with Gasteiger partial charge >= 0.3 is 5.97 Å². The molecule has 2 aromatic carbocycles. The molecule has 1 aliphatic carbocycles. The number of halogens is 1. The predicted molar refractivity (Wildman–Crippen MR) is 131 cm³/mol. The normalized spacial score (nSPS) is 15.0. The van der Waals surface area contributed by atoms with Crippen LogP contribution in [-0.2, 0) is 17.8 Å². The van der Waals surface area contributed by atoms with Crippen LogP contribution in [0.15, 0.2) is 60.7 Å². The SMILES string of the molecule is O=C1CC=CC=C1c1c(C(=O)O)n(Cc2cc3ccccc3nc2Cl)c2ccc3c(c12)OCC3. The van der Waals surface area contributed by atoms with Gasteiger partial charge in [0.2, 0.25) is 0 Å². The molecule has 0 spiro atoms. The van der Waals surface area contributed by atoms with E-state index in [-0.39, 0.29) is 24.4 Å². The Kier molecular flexibility index (Phi) is 4.78. The maximum Gasteiger partial charge on any atom is 0.353 e. The van der Waals surface area contributed by atoms with Gasteiger partial charge in [0.25, 0.3) is 0 Å². The van der Waals surface area contributed by atoms with E-state index in [0.717, 1.165) is 22.9 Å². The van der Waals surface area contributed by atoms with Crippen molar-refractivity contribution in [2.75, 3.05) is 6.61 Å². The summed E-state index contributed by atoms with van der Waals surface area (Å²) in [5, 5.41) is 12.2. The van der Waals surface area contributed by atoms with Crippen LogP contribution >= 0.6 is 11.6 Å². The molecule has 0 saturated heterocycles. The van der Waals surface area contributed by atoms with Crippen LogP contribution in [0, 0.1) is 0 Å². The molecule has 0 radical (unpaired) electrons. The quantitative estimate of drug-likeness (QED) is 0.402. The topological polar surface area (TPSA) is 81.4 Å². The molecule has 0 saturated carbocycles. The molecule has 0 atom stereocenters. The summed E-state index contributed by atoms with van der Waals surface area (Å²) in [5.41, 5.74) is 3.97. The van der Waals surface area contributed by atoms with Gasteiger partial charge in [-0.1, -0.05) is 54.1 Å². The molecule has 1 aliphatic heterocycles. The lowest BCUT2D eigenvalue weighted by Crippen LogP contribution is -2.14. The minimum absolute atomic E-state index is 0.0398. The second kappa shape index (κ2) is 7.85. The molecular formula is C27H19ClN2O4. The highest BCUT2D eigenvalue weighted by Crippen LogP contribution is 2.43. The monoisotopic (exact) mass is 470 g/mol. The molecule has 34 heavy (non-hydrogen) atoms. The van der Waals surface area contributed by atoms with E-state index in [1.54, 1.807) is 22.8 Å². The summed E-state index contributed by atoms with van der Waals surface area (Å²) in [6.07, 6.45) is 6.22. The molecule has 6 rings (SSSR count).